The number of hydrogen-bond acceptors (Lipinski definition) is 2. The fraction of sp³-hybridized carbons (Fsp3) is 0.600. The molecule has 1 aliphatic carbocycles. The van der Waals surface area contributed by atoms with Gasteiger partial charge in [0.2, 0.25) is 0 Å². The molecule has 0 aliphatic heterocycles. The highest BCUT2D eigenvalue weighted by Gasteiger charge is 2.32. The molecule has 0 saturated heterocycles. The number of hydrogen-bond donors (Lipinski definition) is 2. The monoisotopic (exact) mass is 278 g/mol. The number of carboxylic acid groups (broad SMARTS) is 1. The predicted molar refractivity (Wildman–Crippen MR) is 75.6 cm³/mol. The van der Waals surface area contributed by atoms with E-state index in [0.717, 1.165) is 32.2 Å². The summed E-state index contributed by atoms with van der Waals surface area (Å²) in [5.74, 6) is -1.43. The molecule has 2 rings (SSSR count). The van der Waals surface area contributed by atoms with E-state index in [-0.39, 0.29) is 11.9 Å². The number of carbonyl (C=O) groups excluding carboxylic acids is 1. The maximum absolute atomic E-state index is 12.3. The van der Waals surface area contributed by atoms with Gasteiger partial charge in [0.15, 0.2) is 0 Å². The van der Waals surface area contributed by atoms with E-state index in [4.69, 9.17) is 0 Å². The number of aryl methyl sites for hydroxylation is 1. The zero-order valence-electron chi connectivity index (χ0n) is 11.8. The largest absolute Gasteiger partial charge is 0.481 e. The third-order valence-corrected chi connectivity index (χ3v) is 3.93. The Morgan fingerprint density at radius 2 is 2.15 bits per heavy atom. The minimum atomic E-state index is -0.807. The van der Waals surface area contributed by atoms with Crippen LogP contribution >= 0.6 is 0 Å². The second-order valence-electron chi connectivity index (χ2n) is 5.40. The Morgan fingerprint density at radius 3 is 2.85 bits per heavy atom. The van der Waals surface area contributed by atoms with E-state index >= 15 is 0 Å². The van der Waals surface area contributed by atoms with E-state index < -0.39 is 11.9 Å². The summed E-state index contributed by atoms with van der Waals surface area (Å²) in [7, 11) is 0. The van der Waals surface area contributed by atoms with Crippen molar-refractivity contribution in [3.05, 3.63) is 24.0 Å². The molecule has 2 N–H and O–H groups in total. The van der Waals surface area contributed by atoms with Gasteiger partial charge >= 0.3 is 5.97 Å². The number of amides is 1. The van der Waals surface area contributed by atoms with Gasteiger partial charge in [0.25, 0.3) is 5.91 Å². The Kier molecular flexibility index (Phi) is 4.82. The molecule has 2 atom stereocenters. The van der Waals surface area contributed by atoms with Gasteiger partial charge in [-0.2, -0.15) is 0 Å². The Balaban J connectivity index is 2.06. The van der Waals surface area contributed by atoms with Gasteiger partial charge in [-0.1, -0.05) is 19.8 Å². The lowest BCUT2D eigenvalue weighted by Crippen LogP contribution is -2.45. The molecule has 1 aromatic heterocycles. The van der Waals surface area contributed by atoms with Crippen LogP contribution in [-0.4, -0.2) is 27.6 Å². The highest BCUT2D eigenvalue weighted by Crippen LogP contribution is 2.25. The number of nitrogens with one attached hydrogen (secondary N) is 1. The van der Waals surface area contributed by atoms with Crippen molar-refractivity contribution >= 4 is 11.9 Å². The molecule has 5 nitrogen and oxygen atoms in total. The minimum Gasteiger partial charge on any atom is -0.481 e. The topological polar surface area (TPSA) is 71.3 Å². The molecular weight excluding hydrogens is 256 g/mol. The number of nitrogens with zero attached hydrogens (tertiary/aromatic N) is 1. The van der Waals surface area contributed by atoms with Crippen LogP contribution in [0.1, 0.15) is 49.5 Å². The van der Waals surface area contributed by atoms with Crippen LogP contribution in [0.3, 0.4) is 0 Å². The first kappa shape index (κ1) is 14.6. The SMILES string of the molecule is CCCn1cccc1C(=O)NC1CCCCC1C(=O)O. The summed E-state index contributed by atoms with van der Waals surface area (Å²) in [6.45, 7) is 2.85. The first-order valence-electron chi connectivity index (χ1n) is 7.32. The van der Waals surface area contributed by atoms with Gasteiger partial charge in [0, 0.05) is 18.8 Å². The molecule has 2 unspecified atom stereocenters. The fourth-order valence-electron chi connectivity index (χ4n) is 2.90. The van der Waals surface area contributed by atoms with E-state index in [1.54, 1.807) is 6.07 Å². The first-order chi connectivity index (χ1) is 9.63. The molecule has 0 bridgehead atoms. The van der Waals surface area contributed by atoms with Gasteiger partial charge in [0.1, 0.15) is 5.69 Å². The third kappa shape index (κ3) is 3.21. The molecule has 1 heterocycles. The minimum absolute atomic E-state index is 0.165. The maximum atomic E-state index is 12.3. The lowest BCUT2D eigenvalue weighted by Gasteiger charge is -2.29. The third-order valence-electron chi connectivity index (χ3n) is 3.93. The maximum Gasteiger partial charge on any atom is 0.308 e. The molecular formula is C15H22N2O3. The normalized spacial score (nSPS) is 22.4. The Labute approximate surface area is 119 Å². The van der Waals surface area contributed by atoms with Crippen LogP contribution in [0, 0.1) is 5.92 Å². The molecule has 20 heavy (non-hydrogen) atoms. The van der Waals surface area contributed by atoms with Gasteiger partial charge < -0.3 is 15.0 Å². The van der Waals surface area contributed by atoms with E-state index in [1.165, 1.54) is 0 Å². The van der Waals surface area contributed by atoms with Crippen LogP contribution in [0.5, 0.6) is 0 Å². The molecule has 0 spiro atoms. The summed E-state index contributed by atoms with van der Waals surface area (Å²) in [4.78, 5) is 23.6. The summed E-state index contributed by atoms with van der Waals surface area (Å²) in [5.41, 5.74) is 0.613. The van der Waals surface area contributed by atoms with Crippen LogP contribution in [0.25, 0.3) is 0 Å². The smallest absolute Gasteiger partial charge is 0.308 e. The zero-order chi connectivity index (χ0) is 14.5. The van der Waals surface area contributed by atoms with Crippen molar-refractivity contribution in [3.63, 3.8) is 0 Å². The number of carboxylic acids is 1. The summed E-state index contributed by atoms with van der Waals surface area (Å²) in [6, 6.07) is 3.38. The van der Waals surface area contributed by atoms with E-state index in [0.29, 0.717) is 12.1 Å². The van der Waals surface area contributed by atoms with Gasteiger partial charge in [-0.25, -0.2) is 0 Å². The molecule has 0 aromatic carbocycles. The average Bonchev–Trinajstić information content (AvgIpc) is 2.88. The standard InChI is InChI=1S/C15H22N2O3/c1-2-9-17-10-5-8-13(17)14(18)16-12-7-4-3-6-11(12)15(19)20/h5,8,10-12H,2-4,6-7,9H2,1H3,(H,16,18)(H,19,20). The zero-order valence-corrected chi connectivity index (χ0v) is 11.8. The highest BCUT2D eigenvalue weighted by molar-refractivity contribution is 5.93. The predicted octanol–water partition coefficient (Wildman–Crippen LogP) is 2.27. The van der Waals surface area contributed by atoms with E-state index in [2.05, 4.69) is 12.2 Å². The molecule has 5 heteroatoms. The number of aromatic nitrogens is 1. The van der Waals surface area contributed by atoms with Gasteiger partial charge in [-0.15, -0.1) is 0 Å². The average molecular weight is 278 g/mol. The summed E-state index contributed by atoms with van der Waals surface area (Å²) in [6.07, 6.45) is 6.14. The summed E-state index contributed by atoms with van der Waals surface area (Å²) >= 11 is 0. The molecule has 1 aromatic rings. The van der Waals surface area contributed by atoms with Crippen molar-refractivity contribution in [1.29, 1.82) is 0 Å². The van der Waals surface area contributed by atoms with Crippen molar-refractivity contribution in [3.8, 4) is 0 Å². The van der Waals surface area contributed by atoms with E-state index in [9.17, 15) is 14.7 Å². The van der Waals surface area contributed by atoms with Crippen molar-refractivity contribution in [2.75, 3.05) is 0 Å². The Bertz CT molecular complexity index is 481. The summed E-state index contributed by atoms with van der Waals surface area (Å²) < 4.78 is 1.91. The molecule has 1 aliphatic rings. The number of carbonyl (C=O) groups is 2. The van der Waals surface area contributed by atoms with Crippen molar-refractivity contribution in [2.24, 2.45) is 5.92 Å². The summed E-state index contributed by atoms with van der Waals surface area (Å²) in [5, 5.41) is 12.1. The molecule has 110 valence electrons. The molecule has 1 saturated carbocycles. The molecule has 1 amide bonds. The second kappa shape index (κ2) is 6.59. The van der Waals surface area contributed by atoms with Crippen molar-refractivity contribution in [2.45, 2.75) is 51.6 Å². The lowest BCUT2D eigenvalue weighted by atomic mass is 9.84. The lowest BCUT2D eigenvalue weighted by molar-refractivity contribution is -0.143. The number of aliphatic carboxylic acids is 1. The van der Waals surface area contributed by atoms with Gasteiger partial charge in [0.05, 0.1) is 5.92 Å². The van der Waals surface area contributed by atoms with Gasteiger partial charge in [-0.05, 0) is 31.4 Å². The quantitative estimate of drug-likeness (QED) is 0.868. The van der Waals surface area contributed by atoms with Crippen LogP contribution in [0.2, 0.25) is 0 Å². The molecule has 1 fully saturated rings. The Morgan fingerprint density at radius 1 is 1.40 bits per heavy atom. The highest BCUT2D eigenvalue weighted by atomic mass is 16.4. The van der Waals surface area contributed by atoms with Crippen LogP contribution in [-0.2, 0) is 11.3 Å². The fourth-order valence-corrected chi connectivity index (χ4v) is 2.90. The van der Waals surface area contributed by atoms with Crippen LogP contribution in [0.15, 0.2) is 18.3 Å². The van der Waals surface area contributed by atoms with Crippen LogP contribution in [0.4, 0.5) is 0 Å². The molecule has 0 radical (unpaired) electrons. The van der Waals surface area contributed by atoms with Crippen molar-refractivity contribution < 1.29 is 14.7 Å². The van der Waals surface area contributed by atoms with E-state index in [1.807, 2.05) is 16.8 Å². The second-order valence-corrected chi connectivity index (χ2v) is 5.40. The van der Waals surface area contributed by atoms with Crippen molar-refractivity contribution in [1.82, 2.24) is 9.88 Å². The Hall–Kier alpha value is -1.78. The van der Waals surface area contributed by atoms with Crippen LogP contribution < -0.4 is 5.32 Å². The number of rotatable bonds is 5. The van der Waals surface area contributed by atoms with Gasteiger partial charge in [-0.3, -0.25) is 9.59 Å². The first-order valence-corrected chi connectivity index (χ1v) is 7.32.